The number of rotatable bonds is 5. The SMILES string of the molecule is CCCC(C#N)N1CCN(c2cc(C(C)C)ncn2)CC1. The number of piperazine rings is 1. The molecule has 0 saturated carbocycles. The van der Waals surface area contributed by atoms with Gasteiger partial charge in [-0.05, 0) is 12.3 Å². The van der Waals surface area contributed by atoms with Crippen molar-refractivity contribution in [1.82, 2.24) is 14.9 Å². The number of nitrogens with zero attached hydrogens (tertiary/aromatic N) is 5. The monoisotopic (exact) mass is 287 g/mol. The van der Waals surface area contributed by atoms with E-state index in [2.05, 4.69) is 52.7 Å². The first-order valence-electron chi connectivity index (χ1n) is 7.86. The van der Waals surface area contributed by atoms with Crippen LogP contribution in [0.5, 0.6) is 0 Å². The lowest BCUT2D eigenvalue weighted by molar-refractivity contribution is 0.211. The lowest BCUT2D eigenvalue weighted by atomic mass is 10.1. The minimum Gasteiger partial charge on any atom is -0.354 e. The molecule has 1 fully saturated rings. The van der Waals surface area contributed by atoms with Crippen LogP contribution in [0.4, 0.5) is 5.82 Å². The van der Waals surface area contributed by atoms with Crippen molar-refractivity contribution < 1.29 is 0 Å². The van der Waals surface area contributed by atoms with Gasteiger partial charge in [0, 0.05) is 37.9 Å². The van der Waals surface area contributed by atoms with E-state index >= 15 is 0 Å². The highest BCUT2D eigenvalue weighted by Crippen LogP contribution is 2.19. The Kier molecular flexibility index (Phi) is 5.51. The quantitative estimate of drug-likeness (QED) is 0.832. The van der Waals surface area contributed by atoms with Crippen LogP contribution in [-0.4, -0.2) is 47.1 Å². The zero-order chi connectivity index (χ0) is 15.2. The molecule has 0 bridgehead atoms. The number of nitriles is 1. The summed E-state index contributed by atoms with van der Waals surface area (Å²) in [5.41, 5.74) is 1.09. The maximum Gasteiger partial charge on any atom is 0.132 e. The summed E-state index contributed by atoms with van der Waals surface area (Å²) in [5.74, 6) is 1.43. The van der Waals surface area contributed by atoms with Gasteiger partial charge in [0.15, 0.2) is 0 Å². The van der Waals surface area contributed by atoms with Crippen molar-refractivity contribution in [1.29, 1.82) is 5.26 Å². The molecule has 2 rings (SSSR count). The Morgan fingerprint density at radius 1 is 1.24 bits per heavy atom. The largest absolute Gasteiger partial charge is 0.354 e. The Bertz CT molecular complexity index is 486. The second-order valence-corrected chi connectivity index (χ2v) is 5.91. The van der Waals surface area contributed by atoms with E-state index in [-0.39, 0.29) is 6.04 Å². The van der Waals surface area contributed by atoms with Crippen molar-refractivity contribution in [3.05, 3.63) is 18.1 Å². The van der Waals surface area contributed by atoms with Crippen molar-refractivity contribution in [2.24, 2.45) is 0 Å². The molecule has 0 aliphatic carbocycles. The van der Waals surface area contributed by atoms with E-state index in [0.29, 0.717) is 5.92 Å². The van der Waals surface area contributed by atoms with E-state index in [1.54, 1.807) is 6.33 Å². The standard InChI is InChI=1S/C16H25N5/c1-4-5-14(11-17)20-6-8-21(9-7-20)16-10-15(13(2)3)18-12-19-16/h10,12-14H,4-9H2,1-3H3. The Morgan fingerprint density at radius 3 is 2.52 bits per heavy atom. The molecule has 0 N–H and O–H groups in total. The number of anilines is 1. The van der Waals surface area contributed by atoms with Gasteiger partial charge in [0.1, 0.15) is 12.1 Å². The van der Waals surface area contributed by atoms with Gasteiger partial charge in [0.05, 0.1) is 12.1 Å². The summed E-state index contributed by atoms with van der Waals surface area (Å²) in [5, 5.41) is 9.26. The first kappa shape index (κ1) is 15.7. The molecule has 0 radical (unpaired) electrons. The van der Waals surface area contributed by atoms with Gasteiger partial charge in [0.2, 0.25) is 0 Å². The molecule has 0 spiro atoms. The molecule has 1 aliphatic rings. The summed E-state index contributed by atoms with van der Waals surface area (Å²) in [4.78, 5) is 13.3. The molecule has 0 aromatic carbocycles. The summed E-state index contributed by atoms with van der Waals surface area (Å²) >= 11 is 0. The molecule has 1 atom stereocenters. The van der Waals surface area contributed by atoms with Crippen LogP contribution in [0.1, 0.15) is 45.2 Å². The number of aromatic nitrogens is 2. The van der Waals surface area contributed by atoms with Crippen molar-refractivity contribution in [3.8, 4) is 6.07 Å². The Hall–Kier alpha value is -1.67. The molecule has 0 amide bonds. The molecule has 1 saturated heterocycles. The third-order valence-corrected chi connectivity index (χ3v) is 4.06. The third kappa shape index (κ3) is 3.92. The molecule has 114 valence electrons. The van der Waals surface area contributed by atoms with Gasteiger partial charge in [0.25, 0.3) is 0 Å². The fourth-order valence-corrected chi connectivity index (χ4v) is 2.72. The zero-order valence-electron chi connectivity index (χ0n) is 13.3. The molecule has 1 unspecified atom stereocenters. The zero-order valence-corrected chi connectivity index (χ0v) is 13.3. The van der Waals surface area contributed by atoms with Crippen LogP contribution in [0.15, 0.2) is 12.4 Å². The average molecular weight is 287 g/mol. The highest BCUT2D eigenvalue weighted by Gasteiger charge is 2.23. The molecular weight excluding hydrogens is 262 g/mol. The van der Waals surface area contributed by atoms with Crippen molar-refractivity contribution in [2.45, 2.75) is 45.6 Å². The van der Waals surface area contributed by atoms with Gasteiger partial charge in [-0.2, -0.15) is 5.26 Å². The van der Waals surface area contributed by atoms with Crippen LogP contribution in [0.25, 0.3) is 0 Å². The second-order valence-electron chi connectivity index (χ2n) is 5.91. The second kappa shape index (κ2) is 7.37. The van der Waals surface area contributed by atoms with Crippen LogP contribution in [-0.2, 0) is 0 Å². The number of hydrogen-bond acceptors (Lipinski definition) is 5. The van der Waals surface area contributed by atoms with Crippen LogP contribution < -0.4 is 4.90 Å². The Labute approximate surface area is 127 Å². The van der Waals surface area contributed by atoms with Gasteiger partial charge in [-0.15, -0.1) is 0 Å². The van der Waals surface area contributed by atoms with Crippen molar-refractivity contribution in [3.63, 3.8) is 0 Å². The molecule has 21 heavy (non-hydrogen) atoms. The van der Waals surface area contributed by atoms with Crippen molar-refractivity contribution >= 4 is 5.82 Å². The van der Waals surface area contributed by atoms with Crippen LogP contribution in [0.3, 0.4) is 0 Å². The van der Waals surface area contributed by atoms with E-state index in [4.69, 9.17) is 0 Å². The fraction of sp³-hybridized carbons (Fsp3) is 0.688. The summed E-state index contributed by atoms with van der Waals surface area (Å²) in [6, 6.07) is 4.59. The minimum atomic E-state index is 0.0637. The van der Waals surface area contributed by atoms with Gasteiger partial charge in [-0.1, -0.05) is 27.2 Å². The molecule has 1 aromatic rings. The maximum atomic E-state index is 9.26. The molecule has 1 aromatic heterocycles. The van der Waals surface area contributed by atoms with Gasteiger partial charge in [-0.25, -0.2) is 9.97 Å². The van der Waals surface area contributed by atoms with E-state index in [0.717, 1.165) is 50.5 Å². The van der Waals surface area contributed by atoms with E-state index in [9.17, 15) is 5.26 Å². The van der Waals surface area contributed by atoms with Gasteiger partial charge < -0.3 is 4.90 Å². The Morgan fingerprint density at radius 2 is 1.95 bits per heavy atom. The molecule has 5 heteroatoms. The normalized spacial score (nSPS) is 17.8. The van der Waals surface area contributed by atoms with E-state index < -0.39 is 0 Å². The fourth-order valence-electron chi connectivity index (χ4n) is 2.72. The van der Waals surface area contributed by atoms with Crippen LogP contribution in [0, 0.1) is 11.3 Å². The average Bonchev–Trinajstić information content (AvgIpc) is 2.53. The van der Waals surface area contributed by atoms with Gasteiger partial charge in [-0.3, -0.25) is 4.90 Å². The Balaban J connectivity index is 1.98. The highest BCUT2D eigenvalue weighted by molar-refractivity contribution is 5.40. The molecular formula is C16H25N5. The van der Waals surface area contributed by atoms with Crippen LogP contribution >= 0.6 is 0 Å². The number of hydrogen-bond donors (Lipinski definition) is 0. The topological polar surface area (TPSA) is 56.1 Å². The highest BCUT2D eigenvalue weighted by atomic mass is 15.3. The summed E-state index contributed by atoms with van der Waals surface area (Å²) in [6.45, 7) is 10.1. The van der Waals surface area contributed by atoms with E-state index in [1.807, 2.05) is 0 Å². The maximum absolute atomic E-state index is 9.26. The summed E-state index contributed by atoms with van der Waals surface area (Å²) in [7, 11) is 0. The minimum absolute atomic E-state index is 0.0637. The van der Waals surface area contributed by atoms with Gasteiger partial charge >= 0.3 is 0 Å². The first-order valence-corrected chi connectivity index (χ1v) is 7.86. The molecule has 5 nitrogen and oxygen atoms in total. The predicted octanol–water partition coefficient (Wildman–Crippen LogP) is 2.41. The smallest absolute Gasteiger partial charge is 0.132 e. The summed E-state index contributed by atoms with van der Waals surface area (Å²) < 4.78 is 0. The van der Waals surface area contributed by atoms with Crippen LogP contribution in [0.2, 0.25) is 0 Å². The lowest BCUT2D eigenvalue weighted by Crippen LogP contribution is -2.50. The predicted molar refractivity (Wildman–Crippen MR) is 84.2 cm³/mol. The molecule has 1 aliphatic heterocycles. The first-order chi connectivity index (χ1) is 10.2. The molecule has 2 heterocycles. The van der Waals surface area contributed by atoms with Crippen molar-refractivity contribution in [2.75, 3.05) is 31.1 Å². The summed E-state index contributed by atoms with van der Waals surface area (Å²) in [6.07, 6.45) is 3.68. The lowest BCUT2D eigenvalue weighted by Gasteiger charge is -2.37. The van der Waals surface area contributed by atoms with E-state index in [1.165, 1.54) is 0 Å². The third-order valence-electron chi connectivity index (χ3n) is 4.06.